The lowest BCUT2D eigenvalue weighted by Crippen LogP contribution is -2.43. The fraction of sp³-hybridized carbons (Fsp3) is 0.469. The highest BCUT2D eigenvalue weighted by molar-refractivity contribution is 6.04. The molecule has 0 radical (unpaired) electrons. The molecule has 7 nitrogen and oxygen atoms in total. The zero-order chi connectivity index (χ0) is 26.6. The number of carbonyl (C=O) groups excluding carboxylic acids is 1. The average molecular weight is 525 g/mol. The lowest BCUT2D eigenvalue weighted by molar-refractivity contribution is 0.102. The van der Waals surface area contributed by atoms with Gasteiger partial charge in [-0.1, -0.05) is 31.4 Å². The van der Waals surface area contributed by atoms with E-state index < -0.39 is 0 Å². The number of fused-ring (bicyclic) bond motifs is 1. The van der Waals surface area contributed by atoms with Crippen LogP contribution in [0, 0.1) is 0 Å². The molecule has 1 N–H and O–H groups in total. The molecular formula is C32H40N6O. The summed E-state index contributed by atoms with van der Waals surface area (Å²) in [5.74, 6) is 0.558. The highest BCUT2D eigenvalue weighted by Crippen LogP contribution is 2.35. The largest absolute Gasteiger partial charge is 0.364 e. The van der Waals surface area contributed by atoms with Gasteiger partial charge in [-0.15, -0.1) is 0 Å². The van der Waals surface area contributed by atoms with Crippen LogP contribution in [0.1, 0.15) is 70.6 Å². The van der Waals surface area contributed by atoms with Crippen LogP contribution >= 0.6 is 0 Å². The Balaban J connectivity index is 1.20. The Bertz CT molecular complexity index is 1280. The summed E-state index contributed by atoms with van der Waals surface area (Å²) in [4.78, 5) is 29.1. The first-order valence-corrected chi connectivity index (χ1v) is 14.6. The van der Waals surface area contributed by atoms with Crippen LogP contribution in [0.5, 0.6) is 0 Å². The van der Waals surface area contributed by atoms with Crippen LogP contribution in [0.2, 0.25) is 0 Å². The van der Waals surface area contributed by atoms with Gasteiger partial charge in [-0.3, -0.25) is 9.69 Å². The van der Waals surface area contributed by atoms with Crippen molar-refractivity contribution < 1.29 is 4.79 Å². The summed E-state index contributed by atoms with van der Waals surface area (Å²) in [6, 6.07) is 13.0. The number of aromatic nitrogens is 2. The molecule has 1 aromatic heterocycles. The number of hydrogen-bond acceptors (Lipinski definition) is 6. The van der Waals surface area contributed by atoms with Gasteiger partial charge in [0.1, 0.15) is 6.33 Å². The van der Waals surface area contributed by atoms with Gasteiger partial charge in [0.05, 0.1) is 18.1 Å². The Labute approximate surface area is 232 Å². The summed E-state index contributed by atoms with van der Waals surface area (Å²) in [6.45, 7) is 7.03. The van der Waals surface area contributed by atoms with Gasteiger partial charge in [-0.2, -0.15) is 0 Å². The second kappa shape index (κ2) is 11.8. The zero-order valence-corrected chi connectivity index (χ0v) is 23.1. The fourth-order valence-electron chi connectivity index (χ4n) is 6.39. The molecule has 0 atom stereocenters. The van der Waals surface area contributed by atoms with Gasteiger partial charge in [-0.05, 0) is 78.7 Å². The molecule has 1 saturated heterocycles. The van der Waals surface area contributed by atoms with E-state index in [1.807, 2.05) is 18.5 Å². The van der Waals surface area contributed by atoms with Gasteiger partial charge in [0, 0.05) is 57.1 Å². The molecule has 0 spiro atoms. The van der Waals surface area contributed by atoms with Crippen molar-refractivity contribution in [3.8, 4) is 0 Å². The predicted octanol–water partition coefficient (Wildman–Crippen LogP) is 5.09. The van der Waals surface area contributed by atoms with E-state index in [1.165, 1.54) is 54.4 Å². The second-order valence-electron chi connectivity index (χ2n) is 11.6. The van der Waals surface area contributed by atoms with E-state index >= 15 is 0 Å². The number of likely N-dealkylation sites (N-methyl/N-ethyl adjacent to an activating group) is 1. The molecule has 6 rings (SSSR count). The van der Waals surface area contributed by atoms with Gasteiger partial charge in [0.15, 0.2) is 0 Å². The van der Waals surface area contributed by atoms with E-state index in [9.17, 15) is 4.79 Å². The van der Waals surface area contributed by atoms with E-state index in [-0.39, 0.29) is 5.91 Å². The van der Waals surface area contributed by atoms with Crippen LogP contribution in [-0.4, -0.2) is 65.4 Å². The molecule has 0 bridgehead atoms. The standard InChI is InChI=1S/C32H40N6O/c1-36-11-13-37(14-12-36)21-24-15-28(25-5-3-2-4-6-25)18-30(16-24)35-32(39)27-8-7-26-9-10-38(22-29(26)17-27)31-19-33-23-34-20-31/h7-8,15-20,23,25H,2-6,9-14,21-22H2,1H3,(H,35,39). The van der Waals surface area contributed by atoms with Crippen LogP contribution in [0.25, 0.3) is 0 Å². The Hall–Kier alpha value is -3.29. The number of anilines is 2. The molecule has 3 aliphatic rings. The SMILES string of the molecule is CN1CCN(Cc2cc(NC(=O)c3ccc4c(c3)CN(c3cncnc3)CC4)cc(C3CCCCC3)c2)CC1. The summed E-state index contributed by atoms with van der Waals surface area (Å²) < 4.78 is 0. The number of hydrogen-bond donors (Lipinski definition) is 1. The van der Waals surface area contributed by atoms with E-state index in [4.69, 9.17) is 0 Å². The first kappa shape index (κ1) is 26.0. The molecule has 2 aliphatic heterocycles. The van der Waals surface area contributed by atoms with Gasteiger partial charge in [0.25, 0.3) is 5.91 Å². The van der Waals surface area contributed by atoms with Crippen molar-refractivity contribution in [2.24, 2.45) is 0 Å². The van der Waals surface area contributed by atoms with Crippen molar-refractivity contribution in [1.29, 1.82) is 0 Å². The van der Waals surface area contributed by atoms with E-state index in [1.54, 1.807) is 6.33 Å². The molecule has 1 saturated carbocycles. The van der Waals surface area contributed by atoms with Crippen molar-refractivity contribution >= 4 is 17.3 Å². The minimum Gasteiger partial charge on any atom is -0.364 e. The predicted molar refractivity (Wildman–Crippen MR) is 156 cm³/mol. The Morgan fingerprint density at radius 3 is 2.51 bits per heavy atom. The molecule has 204 valence electrons. The summed E-state index contributed by atoms with van der Waals surface area (Å²) in [7, 11) is 2.20. The first-order chi connectivity index (χ1) is 19.1. The molecule has 39 heavy (non-hydrogen) atoms. The van der Waals surface area contributed by atoms with E-state index in [0.29, 0.717) is 11.5 Å². The van der Waals surface area contributed by atoms with Crippen LogP contribution in [0.3, 0.4) is 0 Å². The van der Waals surface area contributed by atoms with Gasteiger partial charge < -0.3 is 15.1 Å². The van der Waals surface area contributed by atoms with Gasteiger partial charge in [0.2, 0.25) is 0 Å². The van der Waals surface area contributed by atoms with Crippen LogP contribution < -0.4 is 10.2 Å². The molecule has 7 heteroatoms. The summed E-state index contributed by atoms with van der Waals surface area (Å²) >= 11 is 0. The number of nitrogens with one attached hydrogen (secondary N) is 1. The maximum absolute atomic E-state index is 13.5. The second-order valence-corrected chi connectivity index (χ2v) is 11.6. The molecule has 3 aromatic rings. The molecule has 1 aliphatic carbocycles. The lowest BCUT2D eigenvalue weighted by atomic mass is 9.83. The highest BCUT2D eigenvalue weighted by Gasteiger charge is 2.21. The van der Waals surface area contributed by atoms with Crippen molar-refractivity contribution in [3.05, 3.63) is 82.9 Å². The third kappa shape index (κ3) is 6.31. The summed E-state index contributed by atoms with van der Waals surface area (Å²) in [6.07, 6.45) is 12.7. The van der Waals surface area contributed by atoms with E-state index in [2.05, 4.69) is 67.4 Å². The fourth-order valence-corrected chi connectivity index (χ4v) is 6.39. The quantitative estimate of drug-likeness (QED) is 0.485. The first-order valence-electron chi connectivity index (χ1n) is 14.6. The zero-order valence-electron chi connectivity index (χ0n) is 23.1. The average Bonchev–Trinajstić information content (AvgIpc) is 2.98. The third-order valence-electron chi connectivity index (χ3n) is 8.74. The third-order valence-corrected chi connectivity index (χ3v) is 8.74. The molecular weight excluding hydrogens is 484 g/mol. The molecule has 2 aromatic carbocycles. The molecule has 3 heterocycles. The number of nitrogens with zero attached hydrogens (tertiary/aromatic N) is 5. The Morgan fingerprint density at radius 2 is 1.72 bits per heavy atom. The normalized spacial score (nSPS) is 19.1. The Kier molecular flexibility index (Phi) is 7.88. The number of carbonyl (C=O) groups is 1. The Morgan fingerprint density at radius 1 is 0.923 bits per heavy atom. The van der Waals surface area contributed by atoms with Crippen molar-refractivity contribution in [1.82, 2.24) is 19.8 Å². The lowest BCUT2D eigenvalue weighted by Gasteiger charge is -2.32. The van der Waals surface area contributed by atoms with E-state index in [0.717, 1.165) is 63.6 Å². The van der Waals surface area contributed by atoms with Crippen LogP contribution in [0.4, 0.5) is 11.4 Å². The van der Waals surface area contributed by atoms with Gasteiger partial charge in [-0.25, -0.2) is 9.97 Å². The number of amides is 1. The minimum atomic E-state index is -0.0377. The molecule has 1 amide bonds. The highest BCUT2D eigenvalue weighted by atomic mass is 16.1. The smallest absolute Gasteiger partial charge is 0.255 e. The van der Waals surface area contributed by atoms with Gasteiger partial charge >= 0.3 is 0 Å². The van der Waals surface area contributed by atoms with Crippen molar-refractivity contribution in [2.45, 2.75) is 57.5 Å². The number of piperazine rings is 1. The minimum absolute atomic E-state index is 0.0377. The number of benzene rings is 2. The van der Waals surface area contributed by atoms with Crippen LogP contribution in [-0.2, 0) is 19.5 Å². The maximum Gasteiger partial charge on any atom is 0.255 e. The molecule has 0 unspecified atom stereocenters. The summed E-state index contributed by atoms with van der Waals surface area (Å²) in [5, 5.41) is 3.27. The summed E-state index contributed by atoms with van der Waals surface area (Å²) in [5.41, 5.74) is 7.87. The van der Waals surface area contributed by atoms with Crippen molar-refractivity contribution in [2.75, 3.05) is 50.0 Å². The maximum atomic E-state index is 13.5. The van der Waals surface area contributed by atoms with Crippen molar-refractivity contribution in [3.63, 3.8) is 0 Å². The number of rotatable bonds is 6. The molecule has 2 fully saturated rings. The van der Waals surface area contributed by atoms with Crippen LogP contribution in [0.15, 0.2) is 55.1 Å². The monoisotopic (exact) mass is 524 g/mol. The topological polar surface area (TPSA) is 64.6 Å².